The molecular formula is C10H8N4O2S. The van der Waals surface area contributed by atoms with Gasteiger partial charge in [-0.25, -0.2) is 4.79 Å². The largest absolute Gasteiger partial charge is 0.478 e. The molecule has 17 heavy (non-hydrogen) atoms. The molecule has 2 rings (SSSR count). The molecule has 0 amide bonds. The topological polar surface area (TPSA) is 83.3 Å². The lowest BCUT2D eigenvalue weighted by atomic mass is 10.1. The highest BCUT2D eigenvalue weighted by molar-refractivity contribution is 7.71. The highest BCUT2D eigenvalue weighted by Crippen LogP contribution is 2.02. The normalized spacial score (nSPS) is 10.8. The highest BCUT2D eigenvalue weighted by atomic mass is 32.1. The summed E-state index contributed by atoms with van der Waals surface area (Å²) in [7, 11) is 0. The van der Waals surface area contributed by atoms with Crippen LogP contribution in [0.25, 0.3) is 0 Å². The maximum atomic E-state index is 10.6. The summed E-state index contributed by atoms with van der Waals surface area (Å²) in [6.45, 7) is 0. The number of carboxylic acids is 1. The van der Waals surface area contributed by atoms with Crippen molar-refractivity contribution in [2.75, 3.05) is 0 Å². The Morgan fingerprint density at radius 3 is 2.71 bits per heavy atom. The van der Waals surface area contributed by atoms with Crippen molar-refractivity contribution in [1.82, 2.24) is 14.9 Å². The molecule has 0 radical (unpaired) electrons. The summed E-state index contributed by atoms with van der Waals surface area (Å²) in [5, 5.41) is 19.1. The number of hydrogen-bond acceptors (Lipinski definition) is 4. The molecule has 0 aliphatic carbocycles. The average molecular weight is 248 g/mol. The van der Waals surface area contributed by atoms with E-state index in [2.05, 4.69) is 15.3 Å². The quantitative estimate of drug-likeness (QED) is 0.637. The van der Waals surface area contributed by atoms with Gasteiger partial charge in [0.25, 0.3) is 0 Å². The number of carboxylic acid groups (broad SMARTS) is 1. The molecule has 1 aromatic carbocycles. The molecular weight excluding hydrogens is 240 g/mol. The van der Waals surface area contributed by atoms with Gasteiger partial charge in [0, 0.05) is 0 Å². The number of carbonyl (C=O) groups is 1. The molecule has 1 heterocycles. The van der Waals surface area contributed by atoms with E-state index in [9.17, 15) is 4.79 Å². The number of nitrogens with zero attached hydrogens (tertiary/aromatic N) is 3. The Kier molecular flexibility index (Phi) is 3.10. The zero-order chi connectivity index (χ0) is 12.3. The number of aromatic nitrogens is 3. The summed E-state index contributed by atoms with van der Waals surface area (Å²) in [6, 6.07) is 6.35. The molecule has 0 unspecified atom stereocenters. The number of nitrogens with one attached hydrogen (secondary N) is 1. The van der Waals surface area contributed by atoms with Gasteiger partial charge in [0.05, 0.1) is 11.8 Å². The molecule has 2 aromatic rings. The van der Waals surface area contributed by atoms with Gasteiger partial charge >= 0.3 is 5.97 Å². The van der Waals surface area contributed by atoms with Gasteiger partial charge in [0.1, 0.15) is 6.33 Å². The Morgan fingerprint density at radius 1 is 1.47 bits per heavy atom. The lowest BCUT2D eigenvalue weighted by Crippen LogP contribution is -1.96. The Labute approximate surface area is 101 Å². The zero-order valence-corrected chi connectivity index (χ0v) is 9.39. The molecule has 0 spiro atoms. The van der Waals surface area contributed by atoms with E-state index in [-0.39, 0.29) is 5.56 Å². The fourth-order valence-electron chi connectivity index (χ4n) is 1.17. The maximum absolute atomic E-state index is 10.6. The van der Waals surface area contributed by atoms with Crippen molar-refractivity contribution in [2.24, 2.45) is 5.10 Å². The fraction of sp³-hybridized carbons (Fsp3) is 0. The van der Waals surface area contributed by atoms with Crippen LogP contribution < -0.4 is 0 Å². The van der Waals surface area contributed by atoms with Gasteiger partial charge in [-0.3, -0.25) is 5.10 Å². The second-order valence-electron chi connectivity index (χ2n) is 3.18. The lowest BCUT2D eigenvalue weighted by molar-refractivity contribution is 0.0697. The van der Waals surface area contributed by atoms with Gasteiger partial charge < -0.3 is 5.11 Å². The van der Waals surface area contributed by atoms with Crippen molar-refractivity contribution < 1.29 is 9.90 Å². The molecule has 2 N–H and O–H groups in total. The molecule has 0 bridgehead atoms. The van der Waals surface area contributed by atoms with Crippen LogP contribution in [0.15, 0.2) is 35.7 Å². The van der Waals surface area contributed by atoms with Crippen LogP contribution in [-0.4, -0.2) is 32.2 Å². The van der Waals surface area contributed by atoms with Crippen molar-refractivity contribution in [3.05, 3.63) is 46.5 Å². The first-order valence-electron chi connectivity index (χ1n) is 4.66. The lowest BCUT2D eigenvalue weighted by Gasteiger charge is -1.95. The molecule has 0 aliphatic heterocycles. The van der Waals surface area contributed by atoms with Crippen molar-refractivity contribution in [2.45, 2.75) is 0 Å². The van der Waals surface area contributed by atoms with Crippen molar-refractivity contribution in [3.63, 3.8) is 0 Å². The first-order valence-corrected chi connectivity index (χ1v) is 5.07. The molecule has 0 atom stereocenters. The van der Waals surface area contributed by atoms with E-state index in [0.29, 0.717) is 4.77 Å². The van der Waals surface area contributed by atoms with Crippen LogP contribution in [0.4, 0.5) is 0 Å². The fourth-order valence-corrected chi connectivity index (χ4v) is 1.31. The van der Waals surface area contributed by atoms with Gasteiger partial charge in [-0.15, -0.1) is 0 Å². The standard InChI is InChI=1S/C10H8N4O2S/c15-9(16)8-3-1-7(2-4-8)5-12-14-6-11-13-10(14)17/h1-6H,(H,13,17)(H,15,16)/b12-5-. The Balaban J connectivity index is 2.20. The van der Waals surface area contributed by atoms with Crippen LogP contribution in [0, 0.1) is 4.77 Å². The van der Waals surface area contributed by atoms with Crippen LogP contribution >= 0.6 is 12.2 Å². The molecule has 0 saturated heterocycles. The highest BCUT2D eigenvalue weighted by Gasteiger charge is 2.00. The Hall–Kier alpha value is -2.28. The minimum Gasteiger partial charge on any atom is -0.478 e. The van der Waals surface area contributed by atoms with E-state index in [1.165, 1.54) is 23.1 Å². The summed E-state index contributed by atoms with van der Waals surface area (Å²) >= 11 is 4.91. The number of benzene rings is 1. The summed E-state index contributed by atoms with van der Waals surface area (Å²) < 4.78 is 1.80. The SMILES string of the molecule is O=C(O)c1ccc(/C=N\n2cn[nH]c2=S)cc1. The second kappa shape index (κ2) is 4.71. The molecule has 1 aromatic heterocycles. The third-order valence-electron chi connectivity index (χ3n) is 2.02. The molecule has 0 aliphatic rings. The predicted octanol–water partition coefficient (Wildman–Crippen LogP) is 1.52. The minimum absolute atomic E-state index is 0.238. The van der Waals surface area contributed by atoms with Crippen LogP contribution in [0.1, 0.15) is 15.9 Å². The van der Waals surface area contributed by atoms with Gasteiger partial charge in [0.15, 0.2) is 0 Å². The van der Waals surface area contributed by atoms with Gasteiger partial charge in [-0.2, -0.15) is 14.9 Å². The summed E-state index contributed by atoms with van der Waals surface area (Å²) in [5.74, 6) is -0.953. The number of hydrogen-bond donors (Lipinski definition) is 2. The van der Waals surface area contributed by atoms with E-state index < -0.39 is 5.97 Å². The summed E-state index contributed by atoms with van der Waals surface area (Å²) in [6.07, 6.45) is 3.02. The summed E-state index contributed by atoms with van der Waals surface area (Å²) in [4.78, 5) is 10.6. The predicted molar refractivity (Wildman–Crippen MR) is 63.8 cm³/mol. The first kappa shape index (κ1) is 11.2. The Morgan fingerprint density at radius 2 is 2.18 bits per heavy atom. The average Bonchev–Trinajstić information content (AvgIpc) is 2.73. The molecule has 86 valence electrons. The number of rotatable bonds is 3. The van der Waals surface area contributed by atoms with E-state index in [4.69, 9.17) is 17.3 Å². The smallest absolute Gasteiger partial charge is 0.335 e. The van der Waals surface area contributed by atoms with Gasteiger partial charge in [-0.1, -0.05) is 12.1 Å². The molecule has 6 nitrogen and oxygen atoms in total. The minimum atomic E-state index is -0.953. The van der Waals surface area contributed by atoms with Gasteiger partial charge in [0.2, 0.25) is 4.77 Å². The van der Waals surface area contributed by atoms with Crippen LogP contribution in [0.2, 0.25) is 0 Å². The van der Waals surface area contributed by atoms with Crippen molar-refractivity contribution in [3.8, 4) is 0 Å². The first-order chi connectivity index (χ1) is 8.16. The van der Waals surface area contributed by atoms with Crippen molar-refractivity contribution in [1.29, 1.82) is 0 Å². The molecule has 0 saturated carbocycles. The number of H-pyrrole nitrogens is 1. The van der Waals surface area contributed by atoms with E-state index in [1.807, 2.05) is 0 Å². The Bertz CT molecular complexity index is 612. The zero-order valence-electron chi connectivity index (χ0n) is 8.57. The summed E-state index contributed by atoms with van der Waals surface area (Å²) in [5.41, 5.74) is 1.01. The van der Waals surface area contributed by atoms with Crippen LogP contribution in [0.3, 0.4) is 0 Å². The number of aromatic amines is 1. The van der Waals surface area contributed by atoms with E-state index in [1.54, 1.807) is 18.3 Å². The van der Waals surface area contributed by atoms with E-state index in [0.717, 1.165) is 5.56 Å². The molecule has 0 fully saturated rings. The van der Waals surface area contributed by atoms with Crippen LogP contribution in [0.5, 0.6) is 0 Å². The van der Waals surface area contributed by atoms with E-state index >= 15 is 0 Å². The monoisotopic (exact) mass is 248 g/mol. The maximum Gasteiger partial charge on any atom is 0.335 e. The van der Waals surface area contributed by atoms with Crippen LogP contribution in [-0.2, 0) is 0 Å². The number of aromatic carboxylic acids is 1. The molecule has 7 heteroatoms. The third kappa shape index (κ3) is 2.64. The second-order valence-corrected chi connectivity index (χ2v) is 3.56. The third-order valence-corrected chi connectivity index (χ3v) is 2.30. The van der Waals surface area contributed by atoms with Gasteiger partial charge in [-0.05, 0) is 29.9 Å². The van der Waals surface area contributed by atoms with Crippen molar-refractivity contribution >= 4 is 24.4 Å².